The van der Waals surface area contributed by atoms with Gasteiger partial charge in [-0.1, -0.05) is 13.3 Å². The number of hydrogen-bond donors (Lipinski definition) is 2. The summed E-state index contributed by atoms with van der Waals surface area (Å²) in [5, 5.41) is 6.95. The Bertz CT molecular complexity index is 553. The predicted molar refractivity (Wildman–Crippen MR) is 124 cm³/mol. The van der Waals surface area contributed by atoms with Gasteiger partial charge in [-0.25, -0.2) is 0 Å². The number of benzene rings is 1. The van der Waals surface area contributed by atoms with Crippen LogP contribution in [0.2, 0.25) is 0 Å². The first-order valence-electron chi connectivity index (χ1n) is 9.73. The number of halogens is 1. The number of guanidine groups is 1. The highest BCUT2D eigenvalue weighted by Gasteiger charge is 2.21. The third-order valence-electron chi connectivity index (χ3n) is 4.66. The van der Waals surface area contributed by atoms with Gasteiger partial charge in [-0.2, -0.15) is 0 Å². The number of nitrogens with one attached hydrogen (secondary N) is 2. The Hall–Kier alpha value is -1.38. The highest BCUT2D eigenvalue weighted by Crippen LogP contribution is 2.30. The van der Waals surface area contributed by atoms with Gasteiger partial charge in [0.05, 0.1) is 14.2 Å². The molecule has 0 bridgehead atoms. The molecule has 1 saturated heterocycles. The number of piperidine rings is 1. The Morgan fingerprint density at radius 1 is 1.11 bits per heavy atom. The monoisotopic (exact) mass is 490 g/mol. The second-order valence-electron chi connectivity index (χ2n) is 6.59. The van der Waals surface area contributed by atoms with Gasteiger partial charge in [-0.05, 0) is 26.2 Å². The Morgan fingerprint density at radius 3 is 2.26 bits per heavy atom. The van der Waals surface area contributed by atoms with Gasteiger partial charge in [0.2, 0.25) is 0 Å². The van der Waals surface area contributed by atoms with Crippen molar-refractivity contribution in [2.45, 2.75) is 45.6 Å². The predicted octanol–water partition coefficient (Wildman–Crippen LogP) is 3.65. The van der Waals surface area contributed by atoms with Gasteiger partial charge < -0.3 is 25.0 Å². The van der Waals surface area contributed by atoms with Crippen molar-refractivity contribution in [2.24, 2.45) is 4.99 Å². The van der Waals surface area contributed by atoms with Crippen LogP contribution >= 0.6 is 24.0 Å². The number of methoxy groups -OCH3 is 2. The molecule has 6 nitrogen and oxygen atoms in total. The van der Waals surface area contributed by atoms with E-state index in [0.717, 1.165) is 68.6 Å². The van der Waals surface area contributed by atoms with Crippen LogP contribution in [0.25, 0.3) is 0 Å². The smallest absolute Gasteiger partial charge is 0.191 e. The lowest BCUT2D eigenvalue weighted by atomic mass is 10.0. The van der Waals surface area contributed by atoms with Crippen molar-refractivity contribution >= 4 is 35.6 Å². The maximum absolute atomic E-state index is 5.39. The summed E-state index contributed by atoms with van der Waals surface area (Å²) in [7, 11) is 3.38. The van der Waals surface area contributed by atoms with Crippen LogP contribution in [0.15, 0.2) is 23.2 Å². The van der Waals surface area contributed by atoms with E-state index in [1.807, 2.05) is 6.07 Å². The van der Waals surface area contributed by atoms with Crippen molar-refractivity contribution in [1.82, 2.24) is 10.6 Å². The highest BCUT2D eigenvalue weighted by atomic mass is 127. The van der Waals surface area contributed by atoms with Crippen LogP contribution in [-0.2, 0) is 0 Å². The number of unbranched alkanes of at least 4 members (excludes halogenated alkanes) is 1. The van der Waals surface area contributed by atoms with Crippen molar-refractivity contribution in [3.63, 3.8) is 0 Å². The van der Waals surface area contributed by atoms with Crippen molar-refractivity contribution in [3.8, 4) is 11.5 Å². The summed E-state index contributed by atoms with van der Waals surface area (Å²) in [6.45, 7) is 8.08. The van der Waals surface area contributed by atoms with Crippen molar-refractivity contribution in [2.75, 3.05) is 45.3 Å². The topological polar surface area (TPSA) is 58.1 Å². The summed E-state index contributed by atoms with van der Waals surface area (Å²) >= 11 is 0. The molecule has 2 N–H and O–H groups in total. The zero-order chi connectivity index (χ0) is 18.8. The van der Waals surface area contributed by atoms with Crippen LogP contribution in [0.1, 0.15) is 39.5 Å². The number of aliphatic imine (C=N–C) groups is 1. The first-order valence-corrected chi connectivity index (χ1v) is 9.73. The summed E-state index contributed by atoms with van der Waals surface area (Å²) in [4.78, 5) is 7.06. The second-order valence-corrected chi connectivity index (χ2v) is 6.59. The molecule has 0 saturated carbocycles. The summed E-state index contributed by atoms with van der Waals surface area (Å²) < 4.78 is 10.8. The highest BCUT2D eigenvalue weighted by molar-refractivity contribution is 14.0. The molecule has 0 atom stereocenters. The number of nitrogens with zero attached hydrogens (tertiary/aromatic N) is 2. The lowest BCUT2D eigenvalue weighted by Gasteiger charge is -2.34. The fraction of sp³-hybridized carbons (Fsp3) is 0.650. The molecule has 0 aromatic heterocycles. The van der Waals surface area contributed by atoms with E-state index in [1.165, 1.54) is 6.42 Å². The van der Waals surface area contributed by atoms with E-state index in [9.17, 15) is 0 Å². The molecule has 1 aliphatic heterocycles. The van der Waals surface area contributed by atoms with Crippen LogP contribution in [0.3, 0.4) is 0 Å². The lowest BCUT2D eigenvalue weighted by molar-refractivity contribution is 0.393. The first kappa shape index (κ1) is 23.7. The lowest BCUT2D eigenvalue weighted by Crippen LogP contribution is -2.48. The Morgan fingerprint density at radius 2 is 1.74 bits per heavy atom. The quantitative estimate of drug-likeness (QED) is 0.252. The number of anilines is 1. The third kappa shape index (κ3) is 7.63. The molecule has 0 radical (unpaired) electrons. The molecule has 27 heavy (non-hydrogen) atoms. The van der Waals surface area contributed by atoms with Gasteiger partial charge in [0, 0.05) is 56.1 Å². The van der Waals surface area contributed by atoms with Crippen LogP contribution in [0.5, 0.6) is 11.5 Å². The van der Waals surface area contributed by atoms with E-state index in [1.54, 1.807) is 14.2 Å². The minimum Gasteiger partial charge on any atom is -0.497 e. The average Bonchev–Trinajstić information content (AvgIpc) is 2.68. The normalized spacial score (nSPS) is 15.1. The standard InChI is InChI=1S/C20H34N4O2.HI/c1-5-7-10-22-20(21-6-2)23-16-8-11-24(12-9-16)17-13-18(25-3)15-19(14-17)26-4;/h13-16H,5-12H2,1-4H3,(H2,21,22,23);1H. The molecule has 1 fully saturated rings. The van der Waals surface area contributed by atoms with E-state index in [-0.39, 0.29) is 24.0 Å². The molecule has 0 amide bonds. The minimum absolute atomic E-state index is 0. The van der Waals surface area contributed by atoms with Gasteiger partial charge in [-0.15, -0.1) is 24.0 Å². The fourth-order valence-electron chi connectivity index (χ4n) is 3.12. The molecule has 1 heterocycles. The van der Waals surface area contributed by atoms with Gasteiger partial charge in [0.1, 0.15) is 11.5 Å². The van der Waals surface area contributed by atoms with Crippen LogP contribution < -0.4 is 25.0 Å². The molecule has 0 spiro atoms. The summed E-state index contributed by atoms with van der Waals surface area (Å²) in [5.74, 6) is 2.61. The summed E-state index contributed by atoms with van der Waals surface area (Å²) in [6, 6.07) is 6.52. The third-order valence-corrected chi connectivity index (χ3v) is 4.66. The van der Waals surface area contributed by atoms with E-state index in [2.05, 4.69) is 46.5 Å². The van der Waals surface area contributed by atoms with Crippen LogP contribution in [0, 0.1) is 0 Å². The second kappa shape index (κ2) is 12.9. The molecule has 1 aromatic carbocycles. The van der Waals surface area contributed by atoms with Crippen molar-refractivity contribution in [3.05, 3.63) is 18.2 Å². The average molecular weight is 490 g/mol. The summed E-state index contributed by atoms with van der Waals surface area (Å²) in [5.41, 5.74) is 1.16. The van der Waals surface area contributed by atoms with Crippen LogP contribution in [0.4, 0.5) is 5.69 Å². The number of hydrogen-bond acceptors (Lipinski definition) is 4. The Labute approximate surface area is 181 Å². The van der Waals surface area contributed by atoms with Crippen LogP contribution in [-0.4, -0.2) is 52.4 Å². The van der Waals surface area contributed by atoms with Gasteiger partial charge in [0.15, 0.2) is 5.96 Å². The number of rotatable bonds is 8. The van der Waals surface area contributed by atoms with E-state index in [0.29, 0.717) is 6.04 Å². The van der Waals surface area contributed by atoms with Gasteiger partial charge in [0.25, 0.3) is 0 Å². The molecule has 7 heteroatoms. The molecule has 0 unspecified atom stereocenters. The number of ether oxygens (including phenoxy) is 2. The van der Waals surface area contributed by atoms with E-state index >= 15 is 0 Å². The molecule has 1 aromatic rings. The molecule has 1 aliphatic rings. The first-order chi connectivity index (χ1) is 12.7. The molecule has 0 aliphatic carbocycles. The maximum atomic E-state index is 5.39. The molecular formula is C20H35IN4O2. The summed E-state index contributed by atoms with van der Waals surface area (Å²) in [6.07, 6.45) is 4.47. The van der Waals surface area contributed by atoms with Gasteiger partial charge >= 0.3 is 0 Å². The Balaban J connectivity index is 0.00000364. The zero-order valence-corrected chi connectivity index (χ0v) is 19.4. The van der Waals surface area contributed by atoms with E-state index < -0.39 is 0 Å². The van der Waals surface area contributed by atoms with E-state index in [4.69, 9.17) is 9.47 Å². The molecule has 154 valence electrons. The van der Waals surface area contributed by atoms with Crippen molar-refractivity contribution < 1.29 is 9.47 Å². The maximum Gasteiger partial charge on any atom is 0.191 e. The largest absolute Gasteiger partial charge is 0.497 e. The van der Waals surface area contributed by atoms with Crippen molar-refractivity contribution in [1.29, 1.82) is 0 Å². The van der Waals surface area contributed by atoms with Gasteiger partial charge in [-0.3, -0.25) is 4.99 Å². The molecule has 2 rings (SSSR count). The Kier molecular flexibility index (Phi) is 11.3. The fourth-order valence-corrected chi connectivity index (χ4v) is 3.12. The molecular weight excluding hydrogens is 455 g/mol. The SMILES string of the molecule is CCCCN=C(NCC)NC1CCN(c2cc(OC)cc(OC)c2)CC1.I. The minimum atomic E-state index is 0. The zero-order valence-electron chi connectivity index (χ0n) is 17.1.